The molecule has 0 atom stereocenters. The number of rotatable bonds is 4. The first-order valence-electron chi connectivity index (χ1n) is 7.58. The lowest BCUT2D eigenvalue weighted by Gasteiger charge is -2.08. The van der Waals surface area contributed by atoms with Crippen molar-refractivity contribution in [2.75, 3.05) is 21.3 Å². The zero-order valence-corrected chi connectivity index (χ0v) is 14.1. The van der Waals surface area contributed by atoms with Crippen LogP contribution in [0.15, 0.2) is 29.8 Å². The van der Waals surface area contributed by atoms with Crippen molar-refractivity contribution in [3.63, 3.8) is 0 Å². The van der Waals surface area contributed by atoms with Crippen LogP contribution in [0.1, 0.15) is 21.5 Å². The van der Waals surface area contributed by atoms with Gasteiger partial charge in [-0.05, 0) is 41.5 Å². The minimum Gasteiger partial charge on any atom is -0.504 e. The number of hydrogen-bond donors (Lipinski definition) is 2. The first-order chi connectivity index (χ1) is 12.0. The Bertz CT molecular complexity index is 882. The normalized spacial score (nSPS) is 14.5. The Morgan fingerprint density at radius 1 is 0.920 bits per heavy atom. The van der Waals surface area contributed by atoms with Crippen molar-refractivity contribution in [2.24, 2.45) is 0 Å². The van der Waals surface area contributed by atoms with Gasteiger partial charge in [0.1, 0.15) is 0 Å². The molecular formula is C19H18O6. The number of carbonyl (C=O) groups is 1. The molecule has 6 heteroatoms. The third-order valence-electron chi connectivity index (χ3n) is 4.16. The van der Waals surface area contributed by atoms with Crippen LogP contribution in [-0.2, 0) is 6.42 Å². The fourth-order valence-corrected chi connectivity index (χ4v) is 2.91. The highest BCUT2D eigenvalue weighted by atomic mass is 16.5. The van der Waals surface area contributed by atoms with Gasteiger partial charge in [-0.3, -0.25) is 4.79 Å². The molecule has 3 rings (SSSR count). The third kappa shape index (κ3) is 2.87. The van der Waals surface area contributed by atoms with Crippen molar-refractivity contribution in [2.45, 2.75) is 6.42 Å². The molecule has 0 radical (unpaired) electrons. The van der Waals surface area contributed by atoms with Crippen molar-refractivity contribution < 1.29 is 29.2 Å². The predicted octanol–water partition coefficient (Wildman–Crippen LogP) is 2.95. The second-order valence-electron chi connectivity index (χ2n) is 5.63. The topological polar surface area (TPSA) is 85.2 Å². The maximum Gasteiger partial charge on any atom is 0.200 e. The zero-order chi connectivity index (χ0) is 18.1. The van der Waals surface area contributed by atoms with E-state index in [1.807, 2.05) is 0 Å². The summed E-state index contributed by atoms with van der Waals surface area (Å²) in [6.07, 6.45) is 2.11. The predicted molar refractivity (Wildman–Crippen MR) is 91.9 cm³/mol. The van der Waals surface area contributed by atoms with E-state index in [0.29, 0.717) is 34.6 Å². The van der Waals surface area contributed by atoms with Crippen LogP contribution in [0.5, 0.6) is 28.7 Å². The molecule has 2 aromatic carbocycles. The summed E-state index contributed by atoms with van der Waals surface area (Å²) >= 11 is 0. The SMILES string of the molecule is COc1cc2c(cc1OC)C(=O)C(=Cc1cc(O)c(O)c(OC)c1)C2. The van der Waals surface area contributed by atoms with Gasteiger partial charge in [0.25, 0.3) is 0 Å². The average molecular weight is 342 g/mol. The summed E-state index contributed by atoms with van der Waals surface area (Å²) in [7, 11) is 4.45. The van der Waals surface area contributed by atoms with Crippen molar-refractivity contribution in [1.82, 2.24) is 0 Å². The molecule has 0 amide bonds. The monoisotopic (exact) mass is 342 g/mol. The highest BCUT2D eigenvalue weighted by Crippen LogP contribution is 2.39. The van der Waals surface area contributed by atoms with Gasteiger partial charge in [0.15, 0.2) is 28.8 Å². The molecule has 0 unspecified atom stereocenters. The molecule has 1 aliphatic carbocycles. The van der Waals surface area contributed by atoms with Crippen molar-refractivity contribution in [3.05, 3.63) is 46.5 Å². The van der Waals surface area contributed by atoms with Gasteiger partial charge >= 0.3 is 0 Å². The number of ketones is 1. The number of allylic oxidation sites excluding steroid dienone is 1. The quantitative estimate of drug-likeness (QED) is 0.656. The van der Waals surface area contributed by atoms with Gasteiger partial charge in [0, 0.05) is 17.6 Å². The molecular weight excluding hydrogens is 324 g/mol. The van der Waals surface area contributed by atoms with E-state index in [4.69, 9.17) is 14.2 Å². The standard InChI is InChI=1S/C19H18O6/c1-23-15-8-11-7-12(18(21)13(11)9-16(15)24-2)4-10-5-14(20)19(22)17(6-10)25-3/h4-6,8-9,20,22H,7H2,1-3H3. The summed E-state index contributed by atoms with van der Waals surface area (Å²) in [6.45, 7) is 0. The van der Waals surface area contributed by atoms with Gasteiger partial charge in [-0.25, -0.2) is 0 Å². The fraction of sp³-hybridized carbons (Fsp3) is 0.211. The highest BCUT2D eigenvalue weighted by molar-refractivity contribution is 6.16. The molecule has 0 aromatic heterocycles. The van der Waals surface area contributed by atoms with Gasteiger partial charge in [0.05, 0.1) is 21.3 Å². The van der Waals surface area contributed by atoms with Crippen molar-refractivity contribution in [1.29, 1.82) is 0 Å². The van der Waals surface area contributed by atoms with Crippen molar-refractivity contribution in [3.8, 4) is 28.7 Å². The van der Waals surface area contributed by atoms with E-state index in [-0.39, 0.29) is 23.0 Å². The molecule has 25 heavy (non-hydrogen) atoms. The average Bonchev–Trinajstić information content (AvgIpc) is 2.91. The molecule has 0 fully saturated rings. The lowest BCUT2D eigenvalue weighted by molar-refractivity contribution is 0.104. The minimum absolute atomic E-state index is 0.109. The Kier molecular flexibility index (Phi) is 4.27. The van der Waals surface area contributed by atoms with Crippen molar-refractivity contribution >= 4 is 11.9 Å². The van der Waals surface area contributed by atoms with Gasteiger partial charge < -0.3 is 24.4 Å². The number of aromatic hydroxyl groups is 2. The number of ether oxygens (including phenoxy) is 3. The number of phenols is 2. The zero-order valence-electron chi connectivity index (χ0n) is 14.1. The minimum atomic E-state index is -0.333. The van der Waals surface area contributed by atoms with Crippen LogP contribution in [0.3, 0.4) is 0 Å². The summed E-state index contributed by atoms with van der Waals surface area (Å²) < 4.78 is 15.5. The van der Waals surface area contributed by atoms with Crippen LogP contribution in [-0.4, -0.2) is 37.3 Å². The van der Waals surface area contributed by atoms with E-state index in [1.165, 1.54) is 20.3 Å². The number of phenolic OH excluding ortho intramolecular Hbond substituents is 2. The molecule has 0 saturated heterocycles. The number of carbonyl (C=O) groups excluding carboxylic acids is 1. The Morgan fingerprint density at radius 3 is 2.20 bits per heavy atom. The number of benzene rings is 2. The fourth-order valence-electron chi connectivity index (χ4n) is 2.91. The first kappa shape index (κ1) is 16.7. The molecule has 0 saturated carbocycles. The number of Topliss-reactive ketones (excluding diaryl/α,β-unsaturated/α-hetero) is 1. The molecule has 2 aromatic rings. The molecule has 0 heterocycles. The molecule has 130 valence electrons. The molecule has 0 aliphatic heterocycles. The van der Waals surface area contributed by atoms with E-state index in [0.717, 1.165) is 5.56 Å². The van der Waals surface area contributed by atoms with E-state index < -0.39 is 0 Å². The molecule has 2 N–H and O–H groups in total. The first-order valence-corrected chi connectivity index (χ1v) is 7.58. The van der Waals surface area contributed by atoms with Crippen LogP contribution in [0.25, 0.3) is 6.08 Å². The Balaban J connectivity index is 2.02. The summed E-state index contributed by atoms with van der Waals surface area (Å²) in [6, 6.07) is 6.40. The van der Waals surface area contributed by atoms with Crippen LogP contribution in [0.4, 0.5) is 0 Å². The largest absolute Gasteiger partial charge is 0.504 e. The van der Waals surface area contributed by atoms with Gasteiger partial charge in [0.2, 0.25) is 5.75 Å². The van der Waals surface area contributed by atoms with Crippen LogP contribution in [0.2, 0.25) is 0 Å². The number of hydrogen-bond acceptors (Lipinski definition) is 6. The summed E-state index contributed by atoms with van der Waals surface area (Å²) in [5.41, 5.74) is 2.54. The highest BCUT2D eigenvalue weighted by Gasteiger charge is 2.27. The number of methoxy groups -OCH3 is 3. The van der Waals surface area contributed by atoms with Crippen LogP contribution in [0, 0.1) is 0 Å². The second-order valence-corrected chi connectivity index (χ2v) is 5.63. The van der Waals surface area contributed by atoms with E-state index >= 15 is 0 Å². The van der Waals surface area contributed by atoms with Gasteiger partial charge in [-0.2, -0.15) is 0 Å². The lowest BCUT2D eigenvalue weighted by Crippen LogP contribution is -1.97. The lowest BCUT2D eigenvalue weighted by atomic mass is 10.1. The smallest absolute Gasteiger partial charge is 0.200 e. The molecule has 0 bridgehead atoms. The maximum absolute atomic E-state index is 12.7. The Morgan fingerprint density at radius 2 is 1.56 bits per heavy atom. The van der Waals surface area contributed by atoms with E-state index in [9.17, 15) is 15.0 Å². The Hall–Kier alpha value is -3.15. The van der Waals surface area contributed by atoms with Crippen LogP contribution >= 0.6 is 0 Å². The summed E-state index contributed by atoms with van der Waals surface area (Å²) in [4.78, 5) is 12.7. The van der Waals surface area contributed by atoms with E-state index in [1.54, 1.807) is 31.4 Å². The van der Waals surface area contributed by atoms with Gasteiger partial charge in [-0.15, -0.1) is 0 Å². The van der Waals surface area contributed by atoms with Crippen LogP contribution < -0.4 is 14.2 Å². The molecule has 1 aliphatic rings. The molecule has 0 spiro atoms. The maximum atomic E-state index is 12.7. The summed E-state index contributed by atoms with van der Waals surface area (Å²) in [5.74, 6) is 0.456. The second kappa shape index (κ2) is 6.39. The summed E-state index contributed by atoms with van der Waals surface area (Å²) in [5, 5.41) is 19.5. The molecule has 6 nitrogen and oxygen atoms in total. The third-order valence-corrected chi connectivity index (χ3v) is 4.16. The Labute approximate surface area is 144 Å². The number of fused-ring (bicyclic) bond motifs is 1. The van der Waals surface area contributed by atoms with Gasteiger partial charge in [-0.1, -0.05) is 0 Å². The van der Waals surface area contributed by atoms with E-state index in [2.05, 4.69) is 0 Å².